The lowest BCUT2D eigenvalue weighted by molar-refractivity contribution is -0.108. The van der Waals surface area contributed by atoms with E-state index in [1.54, 1.807) is 26.8 Å². The van der Waals surface area contributed by atoms with Gasteiger partial charge in [-0.2, -0.15) is 0 Å². The minimum absolute atomic E-state index is 0.275. The van der Waals surface area contributed by atoms with Gasteiger partial charge in [0.1, 0.15) is 17.6 Å². The smallest absolute Gasteiger partial charge is 0.412 e. The monoisotopic (exact) mass is 480 g/mol. The van der Waals surface area contributed by atoms with Gasteiger partial charge in [-0.15, -0.1) is 0 Å². The largest absolute Gasteiger partial charge is 0.444 e. The van der Waals surface area contributed by atoms with Crippen LogP contribution in [0.1, 0.15) is 57.7 Å². The molecular formula is C25H40N2O7. The van der Waals surface area contributed by atoms with Crippen LogP contribution in [-0.4, -0.2) is 63.6 Å². The summed E-state index contributed by atoms with van der Waals surface area (Å²) >= 11 is 0. The summed E-state index contributed by atoms with van der Waals surface area (Å²) in [6, 6.07) is 3.82. The SMILES string of the molecule is Cc1cc(C)c(C(C)(C)CC=O)c(OC(=O)NCCOCCOCCNC(=O)OC(C)(C)C)c1. The molecule has 2 N–H and O–H groups in total. The Morgan fingerprint density at radius 1 is 0.882 bits per heavy atom. The molecule has 0 atom stereocenters. The van der Waals surface area contributed by atoms with E-state index in [4.69, 9.17) is 18.9 Å². The third-order valence-electron chi connectivity index (χ3n) is 4.72. The van der Waals surface area contributed by atoms with E-state index in [0.29, 0.717) is 45.1 Å². The topological polar surface area (TPSA) is 112 Å². The Morgan fingerprint density at radius 2 is 1.44 bits per heavy atom. The van der Waals surface area contributed by atoms with Crippen LogP contribution in [0, 0.1) is 13.8 Å². The molecule has 192 valence electrons. The van der Waals surface area contributed by atoms with Crippen molar-refractivity contribution in [2.24, 2.45) is 0 Å². The molecular weight excluding hydrogens is 440 g/mol. The van der Waals surface area contributed by atoms with E-state index in [0.717, 1.165) is 23.0 Å². The second-order valence-electron chi connectivity index (χ2n) is 9.68. The Kier molecular flexibility index (Phi) is 12.0. The Hall–Kier alpha value is -2.65. The average Bonchev–Trinajstić information content (AvgIpc) is 2.67. The van der Waals surface area contributed by atoms with E-state index >= 15 is 0 Å². The van der Waals surface area contributed by atoms with Crippen molar-refractivity contribution in [3.05, 3.63) is 28.8 Å². The summed E-state index contributed by atoms with van der Waals surface area (Å²) in [6.45, 7) is 15.1. The third-order valence-corrected chi connectivity index (χ3v) is 4.72. The number of carbonyl (C=O) groups excluding carboxylic acids is 3. The molecule has 1 rings (SSSR count). The molecule has 1 aromatic carbocycles. The molecule has 0 aliphatic carbocycles. The summed E-state index contributed by atoms with van der Waals surface area (Å²) in [4.78, 5) is 34.9. The molecule has 0 unspecified atom stereocenters. The molecule has 0 aliphatic rings. The zero-order chi connectivity index (χ0) is 25.8. The molecule has 0 heterocycles. The standard InChI is InChI=1S/C25H40N2O7/c1-18-16-19(2)21(25(6,7)8-11-28)20(17-18)33-22(29)26-9-12-31-14-15-32-13-10-27-23(30)34-24(3,4)5/h11,16-17H,8-10,12-15H2,1-7H3,(H,26,29)(H,27,30). The molecule has 34 heavy (non-hydrogen) atoms. The molecule has 0 saturated heterocycles. The predicted molar refractivity (Wildman–Crippen MR) is 130 cm³/mol. The summed E-state index contributed by atoms with van der Waals surface area (Å²) in [7, 11) is 0. The molecule has 0 fully saturated rings. The number of hydrogen-bond donors (Lipinski definition) is 2. The van der Waals surface area contributed by atoms with Gasteiger partial charge in [0.2, 0.25) is 0 Å². The number of hydrogen-bond acceptors (Lipinski definition) is 7. The molecule has 0 aromatic heterocycles. The van der Waals surface area contributed by atoms with Gasteiger partial charge < -0.3 is 34.4 Å². The number of benzene rings is 1. The number of nitrogens with one attached hydrogen (secondary N) is 2. The number of carbonyl (C=O) groups is 3. The molecule has 9 nitrogen and oxygen atoms in total. The highest BCUT2D eigenvalue weighted by Gasteiger charge is 2.27. The second-order valence-corrected chi connectivity index (χ2v) is 9.68. The fourth-order valence-electron chi connectivity index (χ4n) is 3.41. The van der Waals surface area contributed by atoms with Crippen molar-refractivity contribution in [3.8, 4) is 5.75 Å². The van der Waals surface area contributed by atoms with Crippen molar-refractivity contribution < 1.29 is 33.3 Å². The van der Waals surface area contributed by atoms with E-state index < -0.39 is 23.2 Å². The minimum Gasteiger partial charge on any atom is -0.444 e. The van der Waals surface area contributed by atoms with Crippen molar-refractivity contribution in [2.75, 3.05) is 39.5 Å². The van der Waals surface area contributed by atoms with Gasteiger partial charge >= 0.3 is 12.2 Å². The van der Waals surface area contributed by atoms with Crippen molar-refractivity contribution in [1.82, 2.24) is 10.6 Å². The summed E-state index contributed by atoms with van der Waals surface area (Å²) in [5, 5.41) is 5.27. The van der Waals surface area contributed by atoms with E-state index in [1.807, 2.05) is 33.8 Å². The van der Waals surface area contributed by atoms with E-state index in [1.165, 1.54) is 0 Å². The quantitative estimate of drug-likeness (QED) is 0.326. The first-order valence-corrected chi connectivity index (χ1v) is 11.5. The maximum absolute atomic E-state index is 12.3. The van der Waals surface area contributed by atoms with Crippen LogP contribution in [0.4, 0.5) is 9.59 Å². The van der Waals surface area contributed by atoms with Crippen LogP contribution >= 0.6 is 0 Å². The Labute approximate surface area is 202 Å². The summed E-state index contributed by atoms with van der Waals surface area (Å²) in [5.41, 5.74) is 1.79. The maximum Gasteiger partial charge on any atom is 0.412 e. The van der Waals surface area contributed by atoms with Gasteiger partial charge in [0.05, 0.1) is 26.4 Å². The van der Waals surface area contributed by atoms with Gasteiger partial charge in [0, 0.05) is 30.5 Å². The van der Waals surface area contributed by atoms with Crippen LogP contribution in [0.2, 0.25) is 0 Å². The highest BCUT2D eigenvalue weighted by molar-refractivity contribution is 5.71. The molecule has 0 aliphatic heterocycles. The maximum atomic E-state index is 12.3. The highest BCUT2D eigenvalue weighted by Crippen LogP contribution is 2.37. The summed E-state index contributed by atoms with van der Waals surface area (Å²) < 4.78 is 21.5. The molecule has 0 saturated carbocycles. The van der Waals surface area contributed by atoms with Crippen LogP contribution in [0.3, 0.4) is 0 Å². The van der Waals surface area contributed by atoms with Gasteiger partial charge in [0.15, 0.2) is 0 Å². The second kappa shape index (κ2) is 13.9. The van der Waals surface area contributed by atoms with Gasteiger partial charge in [-0.3, -0.25) is 0 Å². The molecule has 0 bridgehead atoms. The fraction of sp³-hybridized carbons (Fsp3) is 0.640. The molecule has 1 aromatic rings. The number of aryl methyl sites for hydroxylation is 2. The van der Waals surface area contributed by atoms with Crippen molar-refractivity contribution in [3.63, 3.8) is 0 Å². The van der Waals surface area contributed by atoms with Crippen LogP contribution in [0.5, 0.6) is 5.75 Å². The first-order chi connectivity index (χ1) is 15.9. The van der Waals surface area contributed by atoms with Crippen molar-refractivity contribution in [1.29, 1.82) is 0 Å². The lowest BCUT2D eigenvalue weighted by Gasteiger charge is -2.27. The Balaban J connectivity index is 2.29. The third kappa shape index (κ3) is 11.5. The van der Waals surface area contributed by atoms with E-state index in [2.05, 4.69) is 10.6 Å². The molecule has 0 spiro atoms. The predicted octanol–water partition coefficient (Wildman–Crippen LogP) is 3.82. The highest BCUT2D eigenvalue weighted by atomic mass is 16.6. The van der Waals surface area contributed by atoms with Crippen LogP contribution < -0.4 is 15.4 Å². The lowest BCUT2D eigenvalue weighted by Crippen LogP contribution is -2.34. The molecule has 9 heteroatoms. The zero-order valence-corrected chi connectivity index (χ0v) is 21.5. The van der Waals surface area contributed by atoms with Gasteiger partial charge in [-0.05, 0) is 51.8 Å². The van der Waals surface area contributed by atoms with Crippen LogP contribution in [0.25, 0.3) is 0 Å². The minimum atomic E-state index is -0.582. The Bertz CT molecular complexity index is 816. The first-order valence-electron chi connectivity index (χ1n) is 11.5. The number of rotatable bonds is 13. The zero-order valence-electron chi connectivity index (χ0n) is 21.5. The Morgan fingerprint density at radius 3 is 1.97 bits per heavy atom. The van der Waals surface area contributed by atoms with Crippen LogP contribution in [-0.2, 0) is 24.4 Å². The first kappa shape index (κ1) is 29.4. The lowest BCUT2D eigenvalue weighted by atomic mass is 9.78. The number of aldehydes is 1. The van der Waals surface area contributed by atoms with Gasteiger partial charge in [0.25, 0.3) is 0 Å². The molecule has 0 radical (unpaired) electrons. The fourth-order valence-corrected chi connectivity index (χ4v) is 3.41. The van der Waals surface area contributed by atoms with Crippen molar-refractivity contribution >= 4 is 18.5 Å². The number of amides is 2. The van der Waals surface area contributed by atoms with Crippen molar-refractivity contribution in [2.45, 2.75) is 65.9 Å². The summed E-state index contributed by atoms with van der Waals surface area (Å²) in [5.74, 6) is 0.455. The summed E-state index contributed by atoms with van der Waals surface area (Å²) in [6.07, 6.45) is 0.135. The van der Waals surface area contributed by atoms with Gasteiger partial charge in [-0.1, -0.05) is 19.9 Å². The number of alkyl carbamates (subject to hydrolysis) is 1. The molecule has 2 amide bonds. The van der Waals surface area contributed by atoms with E-state index in [9.17, 15) is 14.4 Å². The van der Waals surface area contributed by atoms with Gasteiger partial charge in [-0.25, -0.2) is 9.59 Å². The number of ether oxygens (including phenoxy) is 4. The van der Waals surface area contributed by atoms with Crippen LogP contribution in [0.15, 0.2) is 12.1 Å². The average molecular weight is 481 g/mol. The normalized spacial score (nSPS) is 11.6. The van der Waals surface area contributed by atoms with E-state index in [-0.39, 0.29) is 6.54 Å².